The molecule has 1 aromatic rings. The van der Waals surface area contributed by atoms with Crippen LogP contribution in [-0.4, -0.2) is 26.4 Å². The molecule has 0 atom stereocenters. The number of benzene rings is 1. The van der Waals surface area contributed by atoms with E-state index in [1.807, 2.05) is 0 Å². The molecule has 1 saturated carbocycles. The van der Waals surface area contributed by atoms with Crippen LogP contribution in [0.15, 0.2) is 27.6 Å². The van der Waals surface area contributed by atoms with Gasteiger partial charge >= 0.3 is 0 Å². The highest BCUT2D eigenvalue weighted by molar-refractivity contribution is 9.10. The topological polar surface area (TPSA) is 115 Å². The van der Waals surface area contributed by atoms with Crippen molar-refractivity contribution in [1.29, 1.82) is 0 Å². The predicted molar refractivity (Wildman–Crippen MR) is 90.5 cm³/mol. The van der Waals surface area contributed by atoms with Crippen LogP contribution in [0.3, 0.4) is 0 Å². The first-order valence-corrected chi connectivity index (χ1v) is 8.94. The molecule has 5 N–H and O–H groups in total. The van der Waals surface area contributed by atoms with Crippen LogP contribution in [0.4, 0.5) is 0 Å². The first-order valence-electron chi connectivity index (χ1n) is 6.66. The molecule has 124 valence electrons. The molecule has 1 fully saturated rings. The maximum Gasteiger partial charge on any atom is 0.248 e. The summed E-state index contributed by atoms with van der Waals surface area (Å²) in [7, 11) is -3.68. The Morgan fingerprint density at radius 1 is 1.18 bits per heavy atom. The fourth-order valence-electron chi connectivity index (χ4n) is 2.38. The largest absolute Gasteiger partial charge is 0.366 e. The number of hydrogen-bond acceptors (Lipinski definition) is 4. The second-order valence-electron chi connectivity index (χ2n) is 5.27. The molecule has 22 heavy (non-hydrogen) atoms. The maximum atomic E-state index is 12.4. The van der Waals surface area contributed by atoms with Gasteiger partial charge in [-0.3, -0.25) is 4.79 Å². The fourth-order valence-corrected chi connectivity index (χ4v) is 4.40. The highest BCUT2D eigenvalue weighted by Crippen LogP contribution is 2.22. The molecule has 0 spiro atoms. The Bertz CT molecular complexity index is 646. The summed E-state index contributed by atoms with van der Waals surface area (Å²) in [5, 5.41) is 0. The minimum absolute atomic E-state index is 0. The van der Waals surface area contributed by atoms with Gasteiger partial charge in [0.1, 0.15) is 0 Å². The van der Waals surface area contributed by atoms with Crippen LogP contribution in [0.5, 0.6) is 0 Å². The second kappa shape index (κ2) is 7.74. The van der Waals surface area contributed by atoms with Crippen molar-refractivity contribution in [2.75, 3.05) is 0 Å². The third-order valence-corrected chi connectivity index (χ3v) is 5.52. The zero-order chi connectivity index (χ0) is 15.6. The van der Waals surface area contributed by atoms with E-state index in [9.17, 15) is 13.2 Å². The normalized spacial score (nSPS) is 21.9. The van der Waals surface area contributed by atoms with Crippen LogP contribution in [0, 0.1) is 0 Å². The number of amides is 1. The van der Waals surface area contributed by atoms with Crippen LogP contribution >= 0.6 is 28.3 Å². The number of primary amides is 1. The van der Waals surface area contributed by atoms with E-state index in [0.717, 1.165) is 25.7 Å². The van der Waals surface area contributed by atoms with Gasteiger partial charge < -0.3 is 11.5 Å². The fraction of sp³-hybridized carbons (Fsp3) is 0.462. The summed E-state index contributed by atoms with van der Waals surface area (Å²) in [5.41, 5.74) is 11.2. The molecule has 1 aliphatic rings. The number of carbonyl (C=O) groups excluding carboxylic acids is 1. The van der Waals surface area contributed by atoms with Crippen LogP contribution in [-0.2, 0) is 10.0 Å². The molecule has 1 aromatic carbocycles. The van der Waals surface area contributed by atoms with Crippen molar-refractivity contribution >= 4 is 44.3 Å². The Kier molecular flexibility index (Phi) is 6.82. The third-order valence-electron chi connectivity index (χ3n) is 3.56. The minimum atomic E-state index is -3.68. The first-order chi connectivity index (χ1) is 9.78. The van der Waals surface area contributed by atoms with Crippen molar-refractivity contribution in [3.05, 3.63) is 28.2 Å². The Labute approximate surface area is 144 Å². The average molecular weight is 413 g/mol. The van der Waals surface area contributed by atoms with Crippen molar-refractivity contribution < 1.29 is 13.2 Å². The molecule has 0 aliphatic heterocycles. The number of carbonyl (C=O) groups is 1. The Morgan fingerprint density at radius 3 is 2.32 bits per heavy atom. The van der Waals surface area contributed by atoms with E-state index >= 15 is 0 Å². The maximum absolute atomic E-state index is 12.4. The van der Waals surface area contributed by atoms with E-state index in [1.165, 1.54) is 18.2 Å². The molecule has 1 aliphatic carbocycles. The molecule has 1 amide bonds. The zero-order valence-electron chi connectivity index (χ0n) is 11.8. The van der Waals surface area contributed by atoms with Crippen molar-refractivity contribution in [2.45, 2.75) is 42.7 Å². The van der Waals surface area contributed by atoms with E-state index in [2.05, 4.69) is 20.7 Å². The molecule has 2 rings (SSSR count). The van der Waals surface area contributed by atoms with E-state index in [4.69, 9.17) is 11.5 Å². The summed E-state index contributed by atoms with van der Waals surface area (Å²) in [6.45, 7) is 0. The standard InChI is InChI=1S/C13H18BrN3O3S.ClH/c14-9-5-8(13(16)18)6-12(7-9)21(19,20)17-11-3-1-10(15)2-4-11;/h5-7,10-11,17H,1-4,15H2,(H2,16,18);1H. The van der Waals surface area contributed by atoms with E-state index in [0.29, 0.717) is 4.47 Å². The number of rotatable bonds is 4. The predicted octanol–water partition coefficient (Wildman–Crippen LogP) is 1.52. The summed E-state index contributed by atoms with van der Waals surface area (Å²) in [6.07, 6.45) is 3.05. The molecular formula is C13H19BrClN3O3S. The molecule has 0 radical (unpaired) electrons. The number of hydrogen-bond donors (Lipinski definition) is 3. The second-order valence-corrected chi connectivity index (χ2v) is 7.90. The van der Waals surface area contributed by atoms with Gasteiger partial charge in [-0.1, -0.05) is 15.9 Å². The quantitative estimate of drug-likeness (QED) is 0.695. The van der Waals surface area contributed by atoms with Gasteiger partial charge in [-0.15, -0.1) is 12.4 Å². The smallest absolute Gasteiger partial charge is 0.248 e. The summed E-state index contributed by atoms with van der Waals surface area (Å²) in [6, 6.07) is 4.25. The molecule has 0 aromatic heterocycles. The molecule has 0 bridgehead atoms. The zero-order valence-corrected chi connectivity index (χ0v) is 15.0. The van der Waals surface area contributed by atoms with Gasteiger partial charge in [0.25, 0.3) is 0 Å². The average Bonchev–Trinajstić information content (AvgIpc) is 2.40. The van der Waals surface area contributed by atoms with Gasteiger partial charge in [0.15, 0.2) is 0 Å². The van der Waals surface area contributed by atoms with Crippen molar-refractivity contribution in [2.24, 2.45) is 11.5 Å². The summed E-state index contributed by atoms with van der Waals surface area (Å²) in [4.78, 5) is 11.3. The lowest BCUT2D eigenvalue weighted by molar-refractivity contribution is 0.1000. The van der Waals surface area contributed by atoms with Gasteiger partial charge in [0.2, 0.25) is 15.9 Å². The van der Waals surface area contributed by atoms with Gasteiger partial charge in [0.05, 0.1) is 4.90 Å². The number of halogens is 2. The molecule has 0 saturated heterocycles. The highest BCUT2D eigenvalue weighted by Gasteiger charge is 2.25. The van der Waals surface area contributed by atoms with Gasteiger partial charge in [-0.05, 0) is 43.9 Å². The Balaban J connectivity index is 0.00000242. The number of nitrogens with two attached hydrogens (primary N) is 2. The number of sulfonamides is 1. The van der Waals surface area contributed by atoms with Crippen LogP contribution in [0.25, 0.3) is 0 Å². The van der Waals surface area contributed by atoms with Crippen molar-refractivity contribution in [3.63, 3.8) is 0 Å². The van der Waals surface area contributed by atoms with Gasteiger partial charge in [-0.2, -0.15) is 0 Å². The SMILES string of the molecule is Cl.NC(=O)c1cc(Br)cc(S(=O)(=O)NC2CCC(N)CC2)c1. The van der Waals surface area contributed by atoms with Crippen LogP contribution in [0.1, 0.15) is 36.0 Å². The van der Waals surface area contributed by atoms with Gasteiger partial charge in [0, 0.05) is 22.1 Å². The van der Waals surface area contributed by atoms with E-state index < -0.39 is 15.9 Å². The van der Waals surface area contributed by atoms with Crippen molar-refractivity contribution in [3.8, 4) is 0 Å². The Hall–Kier alpha value is -0.670. The monoisotopic (exact) mass is 411 g/mol. The van der Waals surface area contributed by atoms with Crippen molar-refractivity contribution in [1.82, 2.24) is 4.72 Å². The Morgan fingerprint density at radius 2 is 1.77 bits per heavy atom. The molecular weight excluding hydrogens is 394 g/mol. The highest BCUT2D eigenvalue weighted by atomic mass is 79.9. The minimum Gasteiger partial charge on any atom is -0.366 e. The lowest BCUT2D eigenvalue weighted by Gasteiger charge is -2.26. The lowest BCUT2D eigenvalue weighted by atomic mass is 9.93. The third kappa shape index (κ3) is 4.92. The summed E-state index contributed by atoms with van der Waals surface area (Å²) >= 11 is 3.19. The molecule has 9 heteroatoms. The molecule has 0 unspecified atom stereocenters. The van der Waals surface area contributed by atoms with Crippen LogP contribution < -0.4 is 16.2 Å². The van der Waals surface area contributed by atoms with Crippen LogP contribution in [0.2, 0.25) is 0 Å². The molecule has 6 nitrogen and oxygen atoms in total. The van der Waals surface area contributed by atoms with E-state index in [-0.39, 0.29) is 34.9 Å². The number of nitrogens with one attached hydrogen (secondary N) is 1. The van der Waals surface area contributed by atoms with E-state index in [1.54, 1.807) is 0 Å². The first kappa shape index (κ1) is 19.4. The van der Waals surface area contributed by atoms with Gasteiger partial charge in [-0.25, -0.2) is 13.1 Å². The summed E-state index contributed by atoms with van der Waals surface area (Å²) in [5.74, 6) is -0.670. The lowest BCUT2D eigenvalue weighted by Crippen LogP contribution is -2.40. The molecule has 0 heterocycles. The summed E-state index contributed by atoms with van der Waals surface area (Å²) < 4.78 is 27.9.